The topological polar surface area (TPSA) is 81.4 Å². The molecule has 0 aromatic rings. The van der Waals surface area contributed by atoms with Gasteiger partial charge in [0.2, 0.25) is 5.91 Å². The normalized spacial score (nSPS) is 31.8. The first-order chi connectivity index (χ1) is 9.97. The van der Waals surface area contributed by atoms with Crippen molar-refractivity contribution in [3.05, 3.63) is 0 Å². The van der Waals surface area contributed by atoms with E-state index in [1.807, 2.05) is 13.8 Å². The van der Waals surface area contributed by atoms with Gasteiger partial charge >= 0.3 is 5.97 Å². The highest BCUT2D eigenvalue weighted by molar-refractivity contribution is 5.79. The molecule has 2 fully saturated rings. The van der Waals surface area contributed by atoms with E-state index in [1.54, 1.807) is 0 Å². The summed E-state index contributed by atoms with van der Waals surface area (Å²) >= 11 is 0. The van der Waals surface area contributed by atoms with Gasteiger partial charge in [0, 0.05) is 18.5 Å². The maximum Gasteiger partial charge on any atom is 0.307 e. The van der Waals surface area contributed by atoms with Crippen molar-refractivity contribution >= 4 is 11.9 Å². The molecule has 2 aliphatic rings. The van der Waals surface area contributed by atoms with Crippen LogP contribution < -0.4 is 11.1 Å². The van der Waals surface area contributed by atoms with E-state index < -0.39 is 0 Å². The number of carbonyl (C=O) groups is 2. The van der Waals surface area contributed by atoms with E-state index in [-0.39, 0.29) is 36.4 Å². The van der Waals surface area contributed by atoms with Gasteiger partial charge in [-0.15, -0.1) is 0 Å². The van der Waals surface area contributed by atoms with Crippen LogP contribution >= 0.6 is 0 Å². The minimum absolute atomic E-state index is 0.0706. The molecule has 2 rings (SSSR count). The van der Waals surface area contributed by atoms with Crippen molar-refractivity contribution in [2.75, 3.05) is 6.54 Å². The van der Waals surface area contributed by atoms with Crippen LogP contribution in [0.2, 0.25) is 0 Å². The number of nitrogens with one attached hydrogen (secondary N) is 1. The van der Waals surface area contributed by atoms with Crippen molar-refractivity contribution in [3.8, 4) is 0 Å². The molecule has 0 aromatic heterocycles. The Labute approximate surface area is 127 Å². The zero-order chi connectivity index (χ0) is 15.4. The second-order valence-electron chi connectivity index (χ2n) is 6.78. The third-order valence-electron chi connectivity index (χ3n) is 4.78. The number of hydrogen-bond donors (Lipinski definition) is 2. The molecule has 0 aliphatic heterocycles. The second kappa shape index (κ2) is 7.25. The van der Waals surface area contributed by atoms with Gasteiger partial charge in [0.05, 0.1) is 12.5 Å². The van der Waals surface area contributed by atoms with Crippen molar-refractivity contribution in [2.45, 2.75) is 64.5 Å². The molecular formula is C16H28N2O3. The van der Waals surface area contributed by atoms with Crippen LogP contribution in [0.1, 0.15) is 52.4 Å². The van der Waals surface area contributed by atoms with Crippen LogP contribution in [0.25, 0.3) is 0 Å². The van der Waals surface area contributed by atoms with Gasteiger partial charge in [-0.2, -0.15) is 0 Å². The monoisotopic (exact) mass is 296 g/mol. The zero-order valence-corrected chi connectivity index (χ0v) is 13.1. The molecule has 120 valence electrons. The van der Waals surface area contributed by atoms with Crippen LogP contribution in [0.15, 0.2) is 0 Å². The van der Waals surface area contributed by atoms with Crippen LogP contribution in [0.3, 0.4) is 0 Å². The molecular weight excluding hydrogens is 268 g/mol. The lowest BCUT2D eigenvalue weighted by Crippen LogP contribution is -2.49. The van der Waals surface area contributed by atoms with Gasteiger partial charge in [-0.25, -0.2) is 0 Å². The average molecular weight is 296 g/mol. The third kappa shape index (κ3) is 4.43. The molecule has 0 aromatic carbocycles. The maximum atomic E-state index is 12.2. The summed E-state index contributed by atoms with van der Waals surface area (Å²) in [4.78, 5) is 23.7. The molecule has 2 saturated carbocycles. The zero-order valence-electron chi connectivity index (χ0n) is 13.1. The fourth-order valence-corrected chi connectivity index (χ4v) is 3.76. The summed E-state index contributed by atoms with van der Waals surface area (Å²) in [5.41, 5.74) is 6.24. The lowest BCUT2D eigenvalue weighted by Gasteiger charge is -2.43. The number of ether oxygens (including phenoxy) is 1. The number of fused-ring (bicyclic) bond motifs is 2. The Morgan fingerprint density at radius 1 is 1.24 bits per heavy atom. The van der Waals surface area contributed by atoms with Crippen LogP contribution in [-0.4, -0.2) is 30.6 Å². The SMILES string of the molecule is CC(C)OC(=O)CCNC(=O)C1CC2CCCC(C1)C2N. The Balaban J connectivity index is 1.73. The fraction of sp³-hybridized carbons (Fsp3) is 0.875. The summed E-state index contributed by atoms with van der Waals surface area (Å²) in [5.74, 6) is 0.892. The van der Waals surface area contributed by atoms with E-state index >= 15 is 0 Å². The largest absolute Gasteiger partial charge is 0.463 e. The van der Waals surface area contributed by atoms with E-state index in [1.165, 1.54) is 6.42 Å². The molecule has 2 bridgehead atoms. The van der Waals surface area contributed by atoms with Crippen molar-refractivity contribution in [3.63, 3.8) is 0 Å². The molecule has 3 N–H and O–H groups in total. The summed E-state index contributed by atoms with van der Waals surface area (Å²) in [6.45, 7) is 4.00. The van der Waals surface area contributed by atoms with Gasteiger partial charge in [0.1, 0.15) is 0 Å². The molecule has 2 unspecified atom stereocenters. The minimum atomic E-state index is -0.257. The Morgan fingerprint density at radius 2 is 1.86 bits per heavy atom. The summed E-state index contributed by atoms with van der Waals surface area (Å²) in [7, 11) is 0. The lowest BCUT2D eigenvalue weighted by molar-refractivity contribution is -0.147. The highest BCUT2D eigenvalue weighted by Crippen LogP contribution is 2.41. The molecule has 0 spiro atoms. The molecule has 21 heavy (non-hydrogen) atoms. The number of esters is 1. The van der Waals surface area contributed by atoms with Crippen LogP contribution in [0.4, 0.5) is 0 Å². The smallest absolute Gasteiger partial charge is 0.307 e. The Bertz CT molecular complexity index is 370. The van der Waals surface area contributed by atoms with Crippen molar-refractivity contribution < 1.29 is 14.3 Å². The van der Waals surface area contributed by atoms with E-state index in [0.717, 1.165) is 25.7 Å². The first-order valence-corrected chi connectivity index (χ1v) is 8.20. The van der Waals surface area contributed by atoms with E-state index in [4.69, 9.17) is 10.5 Å². The van der Waals surface area contributed by atoms with Crippen molar-refractivity contribution in [1.82, 2.24) is 5.32 Å². The highest BCUT2D eigenvalue weighted by Gasteiger charge is 2.40. The van der Waals surface area contributed by atoms with E-state index in [9.17, 15) is 9.59 Å². The molecule has 2 atom stereocenters. The summed E-state index contributed by atoms with van der Waals surface area (Å²) in [6, 6.07) is 0.281. The van der Waals surface area contributed by atoms with Crippen LogP contribution in [-0.2, 0) is 14.3 Å². The first-order valence-electron chi connectivity index (χ1n) is 8.20. The van der Waals surface area contributed by atoms with Crippen LogP contribution in [0.5, 0.6) is 0 Å². The van der Waals surface area contributed by atoms with Gasteiger partial charge in [-0.05, 0) is 51.4 Å². The van der Waals surface area contributed by atoms with Gasteiger partial charge in [-0.3, -0.25) is 9.59 Å². The summed E-state index contributed by atoms with van der Waals surface area (Å²) < 4.78 is 5.05. The minimum Gasteiger partial charge on any atom is -0.463 e. The molecule has 1 amide bonds. The van der Waals surface area contributed by atoms with Gasteiger partial charge in [0.25, 0.3) is 0 Å². The fourth-order valence-electron chi connectivity index (χ4n) is 3.76. The number of amides is 1. The maximum absolute atomic E-state index is 12.2. The molecule has 5 heteroatoms. The first kappa shape index (κ1) is 16.3. The predicted molar refractivity (Wildman–Crippen MR) is 80.4 cm³/mol. The van der Waals surface area contributed by atoms with E-state index in [0.29, 0.717) is 18.4 Å². The Hall–Kier alpha value is -1.10. The Kier molecular flexibility index (Phi) is 5.62. The quantitative estimate of drug-likeness (QED) is 0.755. The van der Waals surface area contributed by atoms with Crippen molar-refractivity contribution in [2.24, 2.45) is 23.5 Å². The lowest BCUT2D eigenvalue weighted by atomic mass is 9.65. The predicted octanol–water partition coefficient (Wildman–Crippen LogP) is 1.60. The van der Waals surface area contributed by atoms with Gasteiger partial charge < -0.3 is 15.8 Å². The van der Waals surface area contributed by atoms with E-state index in [2.05, 4.69) is 5.32 Å². The van der Waals surface area contributed by atoms with Gasteiger partial charge in [0.15, 0.2) is 0 Å². The number of hydrogen-bond acceptors (Lipinski definition) is 4. The Morgan fingerprint density at radius 3 is 2.43 bits per heavy atom. The molecule has 0 heterocycles. The average Bonchev–Trinajstić information content (AvgIpc) is 2.37. The standard InChI is InChI=1S/C16H28N2O3/c1-10(2)21-14(19)6-7-18-16(20)13-8-11-4-3-5-12(9-13)15(11)17/h10-13,15H,3-9,17H2,1-2H3,(H,18,20). The molecule has 2 aliphatic carbocycles. The summed E-state index contributed by atoms with van der Waals surface area (Å²) in [5, 5.41) is 2.88. The highest BCUT2D eigenvalue weighted by atomic mass is 16.5. The summed E-state index contributed by atoms with van der Waals surface area (Å²) in [6.07, 6.45) is 5.50. The second-order valence-corrected chi connectivity index (χ2v) is 6.78. The van der Waals surface area contributed by atoms with Crippen molar-refractivity contribution in [1.29, 1.82) is 0 Å². The van der Waals surface area contributed by atoms with Crippen LogP contribution in [0, 0.1) is 17.8 Å². The van der Waals surface area contributed by atoms with Gasteiger partial charge in [-0.1, -0.05) is 6.42 Å². The molecule has 0 radical (unpaired) electrons. The molecule has 5 nitrogen and oxygen atoms in total. The number of rotatable bonds is 5. The number of nitrogens with two attached hydrogens (primary N) is 1. The third-order valence-corrected chi connectivity index (χ3v) is 4.78. The molecule has 0 saturated heterocycles. The number of carbonyl (C=O) groups excluding carboxylic acids is 2.